The van der Waals surface area contributed by atoms with Gasteiger partial charge < -0.3 is 9.52 Å². The topological polar surface area (TPSA) is 66.6 Å². The number of hydrogen-bond donors (Lipinski definition) is 1. The van der Waals surface area contributed by atoms with Gasteiger partial charge in [0.2, 0.25) is 5.89 Å². The summed E-state index contributed by atoms with van der Waals surface area (Å²) in [6, 6.07) is 7.54. The number of aryl methyl sites for hydroxylation is 1. The third-order valence-corrected chi connectivity index (χ3v) is 4.46. The molecule has 1 saturated heterocycles. The Bertz CT molecular complexity index is 772. The fourth-order valence-electron chi connectivity index (χ4n) is 3.14. The molecule has 25 heavy (non-hydrogen) atoms. The number of carboxylic acids is 1. The number of rotatable bonds is 4. The van der Waals surface area contributed by atoms with Gasteiger partial charge in [0.25, 0.3) is 0 Å². The Morgan fingerprint density at radius 3 is 2.68 bits per heavy atom. The largest absolute Gasteiger partial charge is 0.481 e. The predicted octanol–water partition coefficient (Wildman–Crippen LogP) is 3.34. The predicted molar refractivity (Wildman–Crippen MR) is 82.6 cm³/mol. The fourth-order valence-corrected chi connectivity index (χ4v) is 3.14. The van der Waals surface area contributed by atoms with Crippen LogP contribution in [0.15, 0.2) is 34.9 Å². The van der Waals surface area contributed by atoms with Crippen LogP contribution in [0.5, 0.6) is 0 Å². The van der Waals surface area contributed by atoms with Gasteiger partial charge in [-0.3, -0.25) is 9.69 Å². The molecule has 0 spiro atoms. The van der Waals surface area contributed by atoms with Crippen molar-refractivity contribution in [3.63, 3.8) is 0 Å². The lowest BCUT2D eigenvalue weighted by atomic mass is 9.96. The summed E-state index contributed by atoms with van der Waals surface area (Å²) in [7, 11) is 0. The van der Waals surface area contributed by atoms with Gasteiger partial charge >= 0.3 is 12.1 Å². The molecule has 0 saturated carbocycles. The second-order valence-electron chi connectivity index (χ2n) is 6.22. The van der Waals surface area contributed by atoms with Gasteiger partial charge in [-0.05, 0) is 12.5 Å². The van der Waals surface area contributed by atoms with Crippen molar-refractivity contribution in [3.05, 3.63) is 41.9 Å². The van der Waals surface area contributed by atoms with Crippen molar-refractivity contribution in [2.75, 3.05) is 13.1 Å². The smallest absolute Gasteiger partial charge is 0.393 e. The molecule has 1 N–H and O–H groups in total. The van der Waals surface area contributed by atoms with Crippen molar-refractivity contribution in [3.8, 4) is 11.3 Å². The Labute approximate surface area is 142 Å². The van der Waals surface area contributed by atoms with Crippen molar-refractivity contribution < 1.29 is 27.5 Å². The minimum atomic E-state index is -4.54. The molecule has 1 fully saturated rings. The number of alkyl halides is 3. The lowest BCUT2D eigenvalue weighted by Crippen LogP contribution is -2.33. The average Bonchev–Trinajstić information content (AvgIpc) is 3.15. The minimum absolute atomic E-state index is 0.0439. The molecular formula is C17H17F3N2O3. The maximum Gasteiger partial charge on any atom is 0.393 e. The molecule has 3 rings (SSSR count). The standard InChI is InChI=1S/C17H17F3N2O3/c1-10-4-2-3-5-11(10)14-6-21-15(25-14)9-22-7-12(16(23)24)13(8-22)17(18,19)20/h2-6,12-13H,7-9H2,1H3,(H,23,24)/t12-,13-/m1/s1. The molecule has 5 nitrogen and oxygen atoms in total. The highest BCUT2D eigenvalue weighted by Gasteiger charge is 2.52. The van der Waals surface area contributed by atoms with Crippen LogP contribution in [0.3, 0.4) is 0 Å². The third kappa shape index (κ3) is 3.68. The number of aromatic nitrogens is 1. The first-order valence-electron chi connectivity index (χ1n) is 7.78. The summed E-state index contributed by atoms with van der Waals surface area (Å²) in [6.07, 6.45) is -3.01. The molecule has 0 amide bonds. The van der Waals surface area contributed by atoms with E-state index in [0.29, 0.717) is 5.76 Å². The molecule has 0 radical (unpaired) electrons. The molecule has 0 unspecified atom stereocenters. The summed E-state index contributed by atoms with van der Waals surface area (Å²) < 4.78 is 44.7. The first-order chi connectivity index (χ1) is 11.8. The number of nitrogens with zero attached hydrogens (tertiary/aromatic N) is 2. The zero-order valence-electron chi connectivity index (χ0n) is 13.5. The van der Waals surface area contributed by atoms with Crippen molar-refractivity contribution in [1.29, 1.82) is 0 Å². The number of carboxylic acid groups (broad SMARTS) is 1. The van der Waals surface area contributed by atoms with Crippen LogP contribution in [0.4, 0.5) is 13.2 Å². The second-order valence-corrected chi connectivity index (χ2v) is 6.22. The summed E-state index contributed by atoms with van der Waals surface area (Å²) >= 11 is 0. The molecule has 2 heterocycles. The lowest BCUT2D eigenvalue weighted by Gasteiger charge is -2.18. The van der Waals surface area contributed by atoms with Gasteiger partial charge in [0.05, 0.1) is 24.6 Å². The van der Waals surface area contributed by atoms with Crippen LogP contribution in [0.25, 0.3) is 11.3 Å². The number of likely N-dealkylation sites (tertiary alicyclic amines) is 1. The minimum Gasteiger partial charge on any atom is -0.481 e. The SMILES string of the molecule is Cc1ccccc1-c1cnc(CN2C[C@@H](C(F)(F)F)[C@H](C(=O)O)C2)o1. The van der Waals surface area contributed by atoms with Crippen LogP contribution in [0.2, 0.25) is 0 Å². The Morgan fingerprint density at radius 2 is 2.08 bits per heavy atom. The molecule has 0 aliphatic carbocycles. The van der Waals surface area contributed by atoms with Crippen LogP contribution < -0.4 is 0 Å². The molecule has 2 aromatic rings. The zero-order valence-corrected chi connectivity index (χ0v) is 13.5. The molecule has 8 heteroatoms. The Morgan fingerprint density at radius 1 is 1.36 bits per heavy atom. The van der Waals surface area contributed by atoms with E-state index in [0.717, 1.165) is 11.1 Å². The highest BCUT2D eigenvalue weighted by Crippen LogP contribution is 2.38. The zero-order chi connectivity index (χ0) is 18.2. The summed E-state index contributed by atoms with van der Waals surface area (Å²) in [5, 5.41) is 9.05. The van der Waals surface area contributed by atoms with E-state index >= 15 is 0 Å². The third-order valence-electron chi connectivity index (χ3n) is 4.46. The Hall–Kier alpha value is -2.35. The van der Waals surface area contributed by atoms with Crippen molar-refractivity contribution in [2.45, 2.75) is 19.6 Å². The van der Waals surface area contributed by atoms with Crippen LogP contribution in [-0.4, -0.2) is 40.2 Å². The summed E-state index contributed by atoms with van der Waals surface area (Å²) in [6.45, 7) is 1.41. The highest BCUT2D eigenvalue weighted by atomic mass is 19.4. The van der Waals surface area contributed by atoms with E-state index in [2.05, 4.69) is 4.98 Å². The van der Waals surface area contributed by atoms with E-state index in [1.54, 1.807) is 0 Å². The summed E-state index contributed by atoms with van der Waals surface area (Å²) in [4.78, 5) is 16.7. The number of aliphatic carboxylic acids is 1. The molecule has 134 valence electrons. The van der Waals surface area contributed by atoms with Crippen LogP contribution in [0, 0.1) is 18.8 Å². The number of hydrogen-bond acceptors (Lipinski definition) is 4. The van der Waals surface area contributed by atoms with Crippen LogP contribution in [0.1, 0.15) is 11.5 Å². The molecule has 2 atom stereocenters. The number of oxazole rings is 1. The first kappa shape index (κ1) is 17.5. The number of benzene rings is 1. The van der Waals surface area contributed by atoms with Gasteiger partial charge in [-0.25, -0.2) is 4.98 Å². The number of halogens is 3. The van der Waals surface area contributed by atoms with Crippen molar-refractivity contribution in [2.24, 2.45) is 11.8 Å². The molecule has 1 aliphatic heterocycles. The van der Waals surface area contributed by atoms with Gasteiger partial charge in [-0.1, -0.05) is 24.3 Å². The first-order valence-corrected chi connectivity index (χ1v) is 7.78. The van der Waals surface area contributed by atoms with Gasteiger partial charge in [-0.15, -0.1) is 0 Å². The van der Waals surface area contributed by atoms with E-state index in [4.69, 9.17) is 9.52 Å². The van der Waals surface area contributed by atoms with E-state index in [9.17, 15) is 18.0 Å². The maximum absolute atomic E-state index is 13.0. The second kappa shape index (κ2) is 6.51. The van der Waals surface area contributed by atoms with Gasteiger partial charge in [-0.2, -0.15) is 13.2 Å². The average molecular weight is 354 g/mol. The van der Waals surface area contributed by atoms with Gasteiger partial charge in [0, 0.05) is 18.7 Å². The normalized spacial score (nSPS) is 21.6. The Kier molecular flexibility index (Phi) is 4.55. The van der Waals surface area contributed by atoms with Gasteiger partial charge in [0.15, 0.2) is 5.76 Å². The molecule has 1 aromatic carbocycles. The Balaban J connectivity index is 1.74. The highest BCUT2D eigenvalue weighted by molar-refractivity contribution is 5.71. The van der Waals surface area contributed by atoms with E-state index in [1.165, 1.54) is 11.1 Å². The summed E-state index contributed by atoms with van der Waals surface area (Å²) in [5.74, 6) is -3.97. The van der Waals surface area contributed by atoms with E-state index in [1.807, 2.05) is 31.2 Å². The molecule has 1 aliphatic rings. The quantitative estimate of drug-likeness (QED) is 0.912. The monoisotopic (exact) mass is 354 g/mol. The van der Waals surface area contributed by atoms with Gasteiger partial charge in [0.1, 0.15) is 0 Å². The van der Waals surface area contributed by atoms with Crippen molar-refractivity contribution in [1.82, 2.24) is 9.88 Å². The van der Waals surface area contributed by atoms with Crippen molar-refractivity contribution >= 4 is 5.97 Å². The van der Waals surface area contributed by atoms with E-state index < -0.39 is 24.0 Å². The maximum atomic E-state index is 13.0. The number of carbonyl (C=O) groups is 1. The molecule has 0 bridgehead atoms. The van der Waals surface area contributed by atoms with Crippen LogP contribution in [-0.2, 0) is 11.3 Å². The summed E-state index contributed by atoms with van der Waals surface area (Å²) in [5.41, 5.74) is 1.86. The van der Waals surface area contributed by atoms with E-state index in [-0.39, 0.29) is 25.5 Å². The molecular weight excluding hydrogens is 337 g/mol. The lowest BCUT2D eigenvalue weighted by molar-refractivity contribution is -0.188. The van der Waals surface area contributed by atoms with Crippen LogP contribution >= 0.6 is 0 Å². The fraction of sp³-hybridized carbons (Fsp3) is 0.412. The molecule has 1 aromatic heterocycles.